The third-order valence-corrected chi connectivity index (χ3v) is 3.76. The Balaban J connectivity index is 1.69. The monoisotopic (exact) mass is 298 g/mol. The molecule has 0 unspecified atom stereocenters. The highest BCUT2D eigenvalue weighted by Gasteiger charge is 2.09. The highest BCUT2D eigenvalue weighted by Crippen LogP contribution is 2.24. The fourth-order valence-electron chi connectivity index (χ4n) is 1.82. The minimum atomic E-state index is 0.541. The van der Waals surface area contributed by atoms with Gasteiger partial charge in [0.1, 0.15) is 0 Å². The van der Waals surface area contributed by atoms with Gasteiger partial charge in [0.15, 0.2) is 0 Å². The molecule has 2 N–H and O–H groups in total. The lowest BCUT2D eigenvalue weighted by atomic mass is 10.1. The molecule has 3 rings (SSSR count). The number of thioether (sulfide) groups is 1. The molecule has 0 amide bonds. The Kier molecular flexibility index (Phi) is 3.87. The normalized spacial score (nSPS) is 10.7. The maximum atomic E-state index is 5.67. The lowest BCUT2D eigenvalue weighted by Crippen LogP contribution is -1.87. The van der Waals surface area contributed by atoms with Crippen LogP contribution in [0.1, 0.15) is 11.5 Å². The van der Waals surface area contributed by atoms with E-state index < -0.39 is 0 Å². The molecule has 0 aliphatic carbocycles. The summed E-state index contributed by atoms with van der Waals surface area (Å²) >= 11 is 1.53. The maximum absolute atomic E-state index is 5.67. The van der Waals surface area contributed by atoms with E-state index in [1.807, 2.05) is 43.3 Å². The molecule has 0 saturated heterocycles. The van der Waals surface area contributed by atoms with Crippen molar-refractivity contribution >= 4 is 17.4 Å². The van der Waals surface area contributed by atoms with Crippen molar-refractivity contribution in [2.45, 2.75) is 17.7 Å². The van der Waals surface area contributed by atoms with E-state index in [1.54, 1.807) is 6.20 Å². The number of anilines is 1. The van der Waals surface area contributed by atoms with Crippen LogP contribution < -0.4 is 5.73 Å². The zero-order chi connectivity index (χ0) is 14.7. The van der Waals surface area contributed by atoms with Crippen molar-refractivity contribution < 1.29 is 4.42 Å². The lowest BCUT2D eigenvalue weighted by molar-refractivity contribution is 0.528. The van der Waals surface area contributed by atoms with Gasteiger partial charge in [0, 0.05) is 5.56 Å². The quantitative estimate of drug-likeness (QED) is 0.744. The second kappa shape index (κ2) is 5.97. The minimum absolute atomic E-state index is 0.541. The minimum Gasteiger partial charge on any atom is -0.420 e. The summed E-state index contributed by atoms with van der Waals surface area (Å²) in [4.78, 5) is 4.22. The van der Waals surface area contributed by atoms with Crippen molar-refractivity contribution in [3.8, 4) is 11.5 Å². The zero-order valence-electron chi connectivity index (χ0n) is 11.5. The summed E-state index contributed by atoms with van der Waals surface area (Å²) in [5.41, 5.74) is 8.35. The molecule has 0 spiro atoms. The van der Waals surface area contributed by atoms with Crippen molar-refractivity contribution in [1.82, 2.24) is 15.2 Å². The zero-order valence-corrected chi connectivity index (χ0v) is 12.3. The molecule has 5 nitrogen and oxygen atoms in total. The fraction of sp³-hybridized carbons (Fsp3) is 0.133. The van der Waals surface area contributed by atoms with Gasteiger partial charge in [-0.25, -0.2) is 4.98 Å². The standard InChI is InChI=1S/C15H14N4OS/c1-10-3-2-4-11(7-10)15-19-18-13(20-15)9-21-14-6-5-12(16)8-17-14/h2-8H,9,16H2,1H3. The van der Waals surface area contributed by atoms with Crippen LogP contribution >= 0.6 is 11.8 Å². The molecule has 0 atom stereocenters. The Morgan fingerprint density at radius 3 is 2.86 bits per heavy atom. The van der Waals surface area contributed by atoms with E-state index in [0.29, 0.717) is 23.2 Å². The molecule has 0 aliphatic heterocycles. The molecule has 0 saturated carbocycles. The highest BCUT2D eigenvalue weighted by atomic mass is 32.2. The SMILES string of the molecule is Cc1cccc(-c2nnc(CSc3ccc(N)cn3)o2)c1. The van der Waals surface area contributed by atoms with Crippen LogP contribution in [0.4, 0.5) is 5.69 Å². The molecule has 0 aliphatic rings. The molecule has 0 fully saturated rings. The first-order valence-electron chi connectivity index (χ1n) is 6.44. The second-order valence-corrected chi connectivity index (χ2v) is 5.58. The Morgan fingerprint density at radius 2 is 2.10 bits per heavy atom. The van der Waals surface area contributed by atoms with E-state index >= 15 is 0 Å². The first-order valence-corrected chi connectivity index (χ1v) is 7.43. The van der Waals surface area contributed by atoms with Crippen LogP contribution in [0.3, 0.4) is 0 Å². The fourth-order valence-corrected chi connectivity index (χ4v) is 2.50. The summed E-state index contributed by atoms with van der Waals surface area (Å²) in [5, 5.41) is 9.02. The Morgan fingerprint density at radius 1 is 1.19 bits per heavy atom. The summed E-state index contributed by atoms with van der Waals surface area (Å²) < 4.78 is 5.67. The van der Waals surface area contributed by atoms with Crippen LogP contribution in [0.15, 0.2) is 52.0 Å². The summed E-state index contributed by atoms with van der Waals surface area (Å²) in [7, 11) is 0. The molecule has 0 radical (unpaired) electrons. The second-order valence-electron chi connectivity index (χ2n) is 4.59. The van der Waals surface area contributed by atoms with Crippen LogP contribution in [0, 0.1) is 6.92 Å². The first-order chi connectivity index (χ1) is 10.2. The summed E-state index contributed by atoms with van der Waals surface area (Å²) in [6, 6.07) is 11.7. The number of nitrogen functional groups attached to an aromatic ring is 1. The molecule has 1 aromatic carbocycles. The largest absolute Gasteiger partial charge is 0.420 e. The summed E-state index contributed by atoms with van der Waals surface area (Å²) in [5.74, 6) is 1.70. The highest BCUT2D eigenvalue weighted by molar-refractivity contribution is 7.98. The van der Waals surface area contributed by atoms with Gasteiger partial charge >= 0.3 is 0 Å². The van der Waals surface area contributed by atoms with Crippen molar-refractivity contribution in [2.24, 2.45) is 0 Å². The average Bonchev–Trinajstić information content (AvgIpc) is 2.96. The van der Waals surface area contributed by atoms with Crippen molar-refractivity contribution in [2.75, 3.05) is 5.73 Å². The number of hydrogen-bond acceptors (Lipinski definition) is 6. The molecular formula is C15H14N4OS. The number of benzene rings is 1. The number of pyridine rings is 1. The van der Waals surface area contributed by atoms with E-state index in [9.17, 15) is 0 Å². The molecule has 2 heterocycles. The Labute approximate surface area is 126 Å². The molecule has 6 heteroatoms. The average molecular weight is 298 g/mol. The van der Waals surface area contributed by atoms with E-state index in [0.717, 1.165) is 16.2 Å². The summed E-state index contributed by atoms with van der Waals surface area (Å²) in [6.45, 7) is 2.03. The van der Waals surface area contributed by atoms with E-state index in [1.165, 1.54) is 11.8 Å². The molecule has 3 aromatic rings. The van der Waals surface area contributed by atoms with Gasteiger partial charge in [-0.3, -0.25) is 0 Å². The van der Waals surface area contributed by atoms with Gasteiger partial charge in [-0.1, -0.05) is 29.5 Å². The van der Waals surface area contributed by atoms with Gasteiger partial charge in [0.2, 0.25) is 11.8 Å². The van der Waals surface area contributed by atoms with Crippen LogP contribution in [0.25, 0.3) is 11.5 Å². The van der Waals surface area contributed by atoms with Gasteiger partial charge in [-0.15, -0.1) is 10.2 Å². The van der Waals surface area contributed by atoms with Gasteiger partial charge in [-0.05, 0) is 31.2 Å². The van der Waals surface area contributed by atoms with E-state index in [-0.39, 0.29) is 0 Å². The van der Waals surface area contributed by atoms with Crippen LogP contribution in [-0.2, 0) is 5.75 Å². The predicted molar refractivity (Wildman–Crippen MR) is 82.7 cm³/mol. The van der Waals surface area contributed by atoms with Gasteiger partial charge in [0.25, 0.3) is 0 Å². The van der Waals surface area contributed by atoms with Crippen LogP contribution in [0.2, 0.25) is 0 Å². The molecule has 106 valence electrons. The maximum Gasteiger partial charge on any atom is 0.247 e. The number of hydrogen-bond donors (Lipinski definition) is 1. The number of nitrogens with two attached hydrogens (primary N) is 1. The number of nitrogens with zero attached hydrogens (tertiary/aromatic N) is 3. The van der Waals surface area contributed by atoms with Crippen LogP contribution in [0.5, 0.6) is 0 Å². The third-order valence-electron chi connectivity index (χ3n) is 2.83. The number of rotatable bonds is 4. The molecule has 2 aromatic heterocycles. The summed E-state index contributed by atoms with van der Waals surface area (Å²) in [6.07, 6.45) is 1.63. The first kappa shape index (κ1) is 13.6. The van der Waals surface area contributed by atoms with Crippen LogP contribution in [-0.4, -0.2) is 15.2 Å². The van der Waals surface area contributed by atoms with Gasteiger partial charge in [0.05, 0.1) is 22.7 Å². The Hall–Kier alpha value is -2.34. The van der Waals surface area contributed by atoms with Crippen molar-refractivity contribution in [1.29, 1.82) is 0 Å². The molecular weight excluding hydrogens is 284 g/mol. The van der Waals surface area contributed by atoms with Crippen molar-refractivity contribution in [3.63, 3.8) is 0 Å². The Bertz CT molecular complexity index is 739. The third kappa shape index (κ3) is 3.41. The van der Waals surface area contributed by atoms with Gasteiger partial charge in [-0.2, -0.15) is 0 Å². The molecule has 21 heavy (non-hydrogen) atoms. The predicted octanol–water partition coefficient (Wildman–Crippen LogP) is 3.31. The lowest BCUT2D eigenvalue weighted by Gasteiger charge is -1.98. The van der Waals surface area contributed by atoms with Crippen molar-refractivity contribution in [3.05, 3.63) is 54.0 Å². The number of aromatic nitrogens is 3. The number of aryl methyl sites for hydroxylation is 1. The topological polar surface area (TPSA) is 77.8 Å². The molecule has 0 bridgehead atoms. The smallest absolute Gasteiger partial charge is 0.247 e. The van der Waals surface area contributed by atoms with E-state index in [2.05, 4.69) is 15.2 Å². The van der Waals surface area contributed by atoms with E-state index in [4.69, 9.17) is 10.2 Å². The van der Waals surface area contributed by atoms with Gasteiger partial charge < -0.3 is 10.2 Å².